The first-order valence-corrected chi connectivity index (χ1v) is 10.5. The summed E-state index contributed by atoms with van der Waals surface area (Å²) in [6, 6.07) is 9.07. The molecule has 5 nitrogen and oxygen atoms in total. The predicted molar refractivity (Wildman–Crippen MR) is 112 cm³/mol. The van der Waals surface area contributed by atoms with Crippen molar-refractivity contribution in [3.63, 3.8) is 0 Å². The molecule has 1 heterocycles. The Bertz CT molecular complexity index is 587. The van der Waals surface area contributed by atoms with Crippen LogP contribution in [0.3, 0.4) is 0 Å². The Kier molecular flexibility index (Phi) is 7.13. The highest BCUT2D eigenvalue weighted by Gasteiger charge is 2.26. The summed E-state index contributed by atoms with van der Waals surface area (Å²) in [5, 5.41) is 3.29. The van der Waals surface area contributed by atoms with Crippen LogP contribution in [0.5, 0.6) is 0 Å². The predicted octanol–water partition coefficient (Wildman–Crippen LogP) is 2.74. The van der Waals surface area contributed by atoms with E-state index in [9.17, 15) is 4.79 Å². The SMILES string of the molecule is CN1CCN([C@H](CNC(=O)C2CCCCC2)c2ccc(N(C)C)cc2)CC1. The molecule has 1 N–H and O–H groups in total. The normalized spacial score (nSPS) is 21.0. The molecule has 0 bridgehead atoms. The Morgan fingerprint density at radius 1 is 1.07 bits per heavy atom. The lowest BCUT2D eigenvalue weighted by atomic mass is 9.88. The number of carbonyl (C=O) groups excluding carboxylic acids is 1. The molecule has 2 fully saturated rings. The lowest BCUT2D eigenvalue weighted by molar-refractivity contribution is -0.126. The van der Waals surface area contributed by atoms with Gasteiger partial charge >= 0.3 is 0 Å². The van der Waals surface area contributed by atoms with E-state index in [0.29, 0.717) is 6.54 Å². The molecule has 0 aromatic heterocycles. The molecule has 27 heavy (non-hydrogen) atoms. The summed E-state index contributed by atoms with van der Waals surface area (Å²) >= 11 is 0. The Hall–Kier alpha value is -1.59. The second-order valence-electron chi connectivity index (χ2n) is 8.42. The zero-order valence-electron chi connectivity index (χ0n) is 17.3. The maximum Gasteiger partial charge on any atom is 0.223 e. The third-order valence-electron chi connectivity index (χ3n) is 6.22. The molecule has 1 aliphatic heterocycles. The second kappa shape index (κ2) is 9.56. The Morgan fingerprint density at radius 3 is 2.30 bits per heavy atom. The molecule has 2 aliphatic rings. The number of hydrogen-bond acceptors (Lipinski definition) is 4. The molecule has 1 saturated carbocycles. The van der Waals surface area contributed by atoms with Gasteiger partial charge in [-0.25, -0.2) is 0 Å². The van der Waals surface area contributed by atoms with Crippen LogP contribution in [0.4, 0.5) is 5.69 Å². The fourth-order valence-electron chi connectivity index (χ4n) is 4.29. The molecule has 1 saturated heterocycles. The first-order chi connectivity index (χ1) is 13.0. The average molecular weight is 373 g/mol. The quantitative estimate of drug-likeness (QED) is 0.833. The van der Waals surface area contributed by atoms with E-state index in [1.807, 2.05) is 0 Å². The molecule has 1 aliphatic carbocycles. The van der Waals surface area contributed by atoms with Crippen molar-refractivity contribution < 1.29 is 4.79 Å². The highest BCUT2D eigenvalue weighted by Crippen LogP contribution is 2.26. The number of rotatable bonds is 6. The van der Waals surface area contributed by atoms with Gasteiger partial charge in [0.15, 0.2) is 0 Å². The number of carbonyl (C=O) groups is 1. The van der Waals surface area contributed by atoms with Gasteiger partial charge in [0.25, 0.3) is 0 Å². The number of likely N-dealkylation sites (N-methyl/N-ethyl adjacent to an activating group) is 1. The highest BCUT2D eigenvalue weighted by atomic mass is 16.1. The monoisotopic (exact) mass is 372 g/mol. The van der Waals surface area contributed by atoms with Crippen molar-refractivity contribution in [3.05, 3.63) is 29.8 Å². The van der Waals surface area contributed by atoms with Gasteiger partial charge in [-0.05, 0) is 37.6 Å². The lowest BCUT2D eigenvalue weighted by Gasteiger charge is -2.38. The summed E-state index contributed by atoms with van der Waals surface area (Å²) in [5.74, 6) is 0.488. The molecule has 0 unspecified atom stereocenters. The summed E-state index contributed by atoms with van der Waals surface area (Å²) < 4.78 is 0. The minimum Gasteiger partial charge on any atom is -0.378 e. The van der Waals surface area contributed by atoms with Crippen molar-refractivity contribution in [1.29, 1.82) is 0 Å². The van der Waals surface area contributed by atoms with Crippen LogP contribution in [0.1, 0.15) is 43.7 Å². The van der Waals surface area contributed by atoms with Crippen LogP contribution in [0.15, 0.2) is 24.3 Å². The maximum absolute atomic E-state index is 12.7. The summed E-state index contributed by atoms with van der Waals surface area (Å²) in [5.41, 5.74) is 2.51. The number of amides is 1. The van der Waals surface area contributed by atoms with Crippen molar-refractivity contribution in [2.24, 2.45) is 5.92 Å². The topological polar surface area (TPSA) is 38.8 Å². The number of anilines is 1. The summed E-state index contributed by atoms with van der Waals surface area (Å²) in [6.45, 7) is 4.98. The van der Waals surface area contributed by atoms with Crippen molar-refractivity contribution in [3.8, 4) is 0 Å². The van der Waals surface area contributed by atoms with Crippen molar-refractivity contribution in [1.82, 2.24) is 15.1 Å². The van der Waals surface area contributed by atoms with Crippen molar-refractivity contribution in [2.75, 3.05) is 58.8 Å². The summed E-state index contributed by atoms with van der Waals surface area (Å²) in [6.07, 6.45) is 5.80. The molecule has 150 valence electrons. The van der Waals surface area contributed by atoms with Crippen molar-refractivity contribution >= 4 is 11.6 Å². The third-order valence-corrected chi connectivity index (χ3v) is 6.22. The molecular weight excluding hydrogens is 336 g/mol. The zero-order valence-corrected chi connectivity index (χ0v) is 17.3. The maximum atomic E-state index is 12.7. The lowest BCUT2D eigenvalue weighted by Crippen LogP contribution is -2.49. The largest absolute Gasteiger partial charge is 0.378 e. The van der Waals surface area contributed by atoms with E-state index in [-0.39, 0.29) is 17.9 Å². The fraction of sp³-hybridized carbons (Fsp3) is 0.682. The Labute approximate surface area is 164 Å². The Morgan fingerprint density at radius 2 is 1.70 bits per heavy atom. The van der Waals surface area contributed by atoms with E-state index in [1.165, 1.54) is 30.5 Å². The van der Waals surface area contributed by atoms with Gasteiger partial charge in [-0.2, -0.15) is 0 Å². The van der Waals surface area contributed by atoms with Crippen LogP contribution in [0.2, 0.25) is 0 Å². The molecule has 3 rings (SSSR count). The third kappa shape index (κ3) is 5.45. The van der Waals surface area contributed by atoms with Gasteiger partial charge in [0.1, 0.15) is 0 Å². The van der Waals surface area contributed by atoms with Crippen LogP contribution >= 0.6 is 0 Å². The van der Waals surface area contributed by atoms with E-state index < -0.39 is 0 Å². The molecule has 1 atom stereocenters. The molecule has 5 heteroatoms. The number of benzene rings is 1. The zero-order chi connectivity index (χ0) is 19.2. The highest BCUT2D eigenvalue weighted by molar-refractivity contribution is 5.78. The minimum atomic E-state index is 0.225. The number of hydrogen-bond donors (Lipinski definition) is 1. The minimum absolute atomic E-state index is 0.225. The summed E-state index contributed by atoms with van der Waals surface area (Å²) in [7, 11) is 6.32. The van der Waals surface area contributed by atoms with Crippen LogP contribution in [0, 0.1) is 5.92 Å². The first-order valence-electron chi connectivity index (χ1n) is 10.5. The molecule has 0 radical (unpaired) electrons. The summed E-state index contributed by atoms with van der Waals surface area (Å²) in [4.78, 5) is 19.7. The van der Waals surface area contributed by atoms with Gasteiger partial charge in [-0.3, -0.25) is 9.69 Å². The van der Waals surface area contributed by atoms with Crippen LogP contribution in [-0.2, 0) is 4.79 Å². The molecule has 1 amide bonds. The molecular formula is C22H36N4O. The van der Waals surface area contributed by atoms with E-state index in [1.54, 1.807) is 0 Å². The molecule has 0 spiro atoms. The van der Waals surface area contributed by atoms with E-state index >= 15 is 0 Å². The second-order valence-corrected chi connectivity index (χ2v) is 8.42. The standard InChI is InChI=1S/C22H36N4O/c1-24(2)20-11-9-18(10-12-20)21(26-15-13-25(3)14-16-26)17-23-22(27)19-7-5-4-6-8-19/h9-12,19,21H,4-8,13-17H2,1-3H3,(H,23,27)/t21-/m1/s1. The fourth-order valence-corrected chi connectivity index (χ4v) is 4.29. The van der Waals surface area contributed by atoms with Gasteiger partial charge < -0.3 is 15.1 Å². The van der Waals surface area contributed by atoms with Crippen LogP contribution in [-0.4, -0.2) is 69.6 Å². The number of nitrogens with zero attached hydrogens (tertiary/aromatic N) is 3. The molecule has 1 aromatic carbocycles. The van der Waals surface area contributed by atoms with Gasteiger partial charge in [0, 0.05) is 58.4 Å². The number of piperazine rings is 1. The van der Waals surface area contributed by atoms with Crippen LogP contribution < -0.4 is 10.2 Å². The van der Waals surface area contributed by atoms with Crippen LogP contribution in [0.25, 0.3) is 0 Å². The Balaban J connectivity index is 1.68. The van der Waals surface area contributed by atoms with E-state index in [2.05, 4.69) is 65.4 Å². The van der Waals surface area contributed by atoms with Gasteiger partial charge in [0.05, 0.1) is 6.04 Å². The first kappa shape index (κ1) is 20.2. The van der Waals surface area contributed by atoms with E-state index in [4.69, 9.17) is 0 Å². The molecule has 1 aromatic rings. The van der Waals surface area contributed by atoms with Gasteiger partial charge in [0.2, 0.25) is 5.91 Å². The number of nitrogens with one attached hydrogen (secondary N) is 1. The van der Waals surface area contributed by atoms with E-state index in [0.717, 1.165) is 39.0 Å². The average Bonchev–Trinajstić information content (AvgIpc) is 2.70. The van der Waals surface area contributed by atoms with Gasteiger partial charge in [-0.15, -0.1) is 0 Å². The van der Waals surface area contributed by atoms with Crippen molar-refractivity contribution in [2.45, 2.75) is 38.1 Å². The smallest absolute Gasteiger partial charge is 0.223 e. The van der Waals surface area contributed by atoms with Gasteiger partial charge in [-0.1, -0.05) is 31.4 Å².